The van der Waals surface area contributed by atoms with E-state index in [9.17, 15) is 4.39 Å². The average molecular weight is 332 g/mol. The number of nitrogens with zero attached hydrogens (tertiary/aromatic N) is 2. The second-order valence-electron chi connectivity index (χ2n) is 6.57. The molecule has 0 aliphatic carbocycles. The summed E-state index contributed by atoms with van der Waals surface area (Å²) >= 11 is 0. The van der Waals surface area contributed by atoms with E-state index in [1.165, 1.54) is 12.1 Å². The van der Waals surface area contributed by atoms with E-state index in [-0.39, 0.29) is 12.4 Å². The number of hydrogen-bond donors (Lipinski definition) is 1. The fourth-order valence-corrected chi connectivity index (χ4v) is 3.41. The lowest BCUT2D eigenvalue weighted by atomic mass is 10.1. The highest BCUT2D eigenvalue weighted by atomic mass is 19.1. The topological polar surface area (TPSA) is 39.9 Å². The maximum Gasteiger partial charge on any atom is 0.134 e. The molecule has 1 saturated heterocycles. The monoisotopic (exact) mass is 332 g/mol. The van der Waals surface area contributed by atoms with Gasteiger partial charge in [0.2, 0.25) is 0 Å². The first-order valence-corrected chi connectivity index (χ1v) is 8.49. The summed E-state index contributed by atoms with van der Waals surface area (Å²) in [5, 5.41) is 9.09. The molecule has 1 N–H and O–H groups in total. The van der Waals surface area contributed by atoms with Crippen molar-refractivity contribution in [2.75, 3.05) is 32.8 Å². The van der Waals surface area contributed by atoms with Gasteiger partial charge in [-0.05, 0) is 49.7 Å². The van der Waals surface area contributed by atoms with Crippen molar-refractivity contribution in [3.05, 3.63) is 47.5 Å². The van der Waals surface area contributed by atoms with Gasteiger partial charge in [0.15, 0.2) is 0 Å². The largest absolute Gasteiger partial charge is 0.460 e. The molecule has 1 aliphatic heterocycles. The number of aliphatic hydroxyl groups is 1. The van der Waals surface area contributed by atoms with Gasteiger partial charge in [-0.25, -0.2) is 4.39 Å². The van der Waals surface area contributed by atoms with Crippen LogP contribution in [0.1, 0.15) is 18.2 Å². The van der Waals surface area contributed by atoms with Crippen molar-refractivity contribution < 1.29 is 13.9 Å². The number of halogens is 1. The van der Waals surface area contributed by atoms with E-state index in [1.807, 2.05) is 19.1 Å². The Morgan fingerprint density at radius 3 is 2.79 bits per heavy atom. The highest BCUT2D eigenvalue weighted by Crippen LogP contribution is 2.27. The van der Waals surface area contributed by atoms with Gasteiger partial charge in [-0.3, -0.25) is 9.80 Å². The van der Waals surface area contributed by atoms with Gasteiger partial charge < -0.3 is 9.52 Å². The van der Waals surface area contributed by atoms with Crippen LogP contribution in [0.25, 0.3) is 11.3 Å². The highest BCUT2D eigenvalue weighted by molar-refractivity contribution is 5.62. The number of β-amino-alcohol motifs (C(OH)–C–C–N with tert-alkyl or cyclic N) is 1. The number of aryl methyl sites for hydroxylation is 1. The van der Waals surface area contributed by atoms with E-state index >= 15 is 0 Å². The van der Waals surface area contributed by atoms with Crippen LogP contribution in [0.15, 0.2) is 34.7 Å². The second kappa shape index (κ2) is 7.47. The van der Waals surface area contributed by atoms with E-state index in [0.717, 1.165) is 55.4 Å². The Kier molecular flexibility index (Phi) is 5.33. The van der Waals surface area contributed by atoms with Crippen LogP contribution in [0.2, 0.25) is 0 Å². The number of benzene rings is 1. The van der Waals surface area contributed by atoms with Crippen LogP contribution in [0.4, 0.5) is 4.39 Å². The predicted molar refractivity (Wildman–Crippen MR) is 92.2 cm³/mol. The molecule has 24 heavy (non-hydrogen) atoms. The number of rotatable bonds is 5. The standard InChI is InChI=1S/C19H25FN2O2/c1-14-11-16(20)3-5-18(14)19-6-4-17(24-19)13-21-7-8-22(9-10-23)15(2)12-21/h3-6,11,15,23H,7-10,12-13H2,1-2H3. The fraction of sp³-hybridized carbons (Fsp3) is 0.474. The minimum atomic E-state index is -0.224. The average Bonchev–Trinajstić information content (AvgIpc) is 2.98. The summed E-state index contributed by atoms with van der Waals surface area (Å²) in [6.07, 6.45) is 0. The predicted octanol–water partition coefficient (Wildman–Crippen LogP) is 2.89. The van der Waals surface area contributed by atoms with E-state index in [4.69, 9.17) is 9.52 Å². The molecule has 0 spiro atoms. The second-order valence-corrected chi connectivity index (χ2v) is 6.57. The molecule has 0 amide bonds. The molecule has 1 aromatic heterocycles. The van der Waals surface area contributed by atoms with Crippen molar-refractivity contribution in [1.82, 2.24) is 9.80 Å². The van der Waals surface area contributed by atoms with Crippen LogP contribution in [-0.2, 0) is 6.54 Å². The van der Waals surface area contributed by atoms with Crippen LogP contribution in [0, 0.1) is 12.7 Å². The minimum Gasteiger partial charge on any atom is -0.460 e. The molecule has 1 unspecified atom stereocenters. The lowest BCUT2D eigenvalue weighted by molar-refractivity contribution is 0.0614. The van der Waals surface area contributed by atoms with Crippen molar-refractivity contribution in [3.8, 4) is 11.3 Å². The first kappa shape index (κ1) is 17.1. The van der Waals surface area contributed by atoms with Crippen LogP contribution in [-0.4, -0.2) is 53.7 Å². The van der Waals surface area contributed by atoms with Gasteiger partial charge >= 0.3 is 0 Å². The molecule has 1 aliphatic rings. The maximum atomic E-state index is 13.2. The van der Waals surface area contributed by atoms with Gasteiger partial charge in [0.1, 0.15) is 17.3 Å². The number of aliphatic hydroxyl groups excluding tert-OH is 1. The van der Waals surface area contributed by atoms with Gasteiger partial charge in [-0.15, -0.1) is 0 Å². The smallest absolute Gasteiger partial charge is 0.134 e. The van der Waals surface area contributed by atoms with Gasteiger partial charge in [-0.2, -0.15) is 0 Å². The van der Waals surface area contributed by atoms with Crippen molar-refractivity contribution >= 4 is 0 Å². The third kappa shape index (κ3) is 3.86. The minimum absolute atomic E-state index is 0.211. The summed E-state index contributed by atoms with van der Waals surface area (Å²) in [6.45, 7) is 8.71. The molecule has 3 rings (SSSR count). The summed E-state index contributed by atoms with van der Waals surface area (Å²) in [5.41, 5.74) is 1.81. The zero-order valence-electron chi connectivity index (χ0n) is 14.3. The van der Waals surface area contributed by atoms with Crippen molar-refractivity contribution in [2.24, 2.45) is 0 Å². The van der Waals surface area contributed by atoms with Crippen LogP contribution in [0.3, 0.4) is 0 Å². The summed E-state index contributed by atoms with van der Waals surface area (Å²) < 4.78 is 19.2. The zero-order chi connectivity index (χ0) is 17.1. The molecule has 1 aromatic carbocycles. The summed E-state index contributed by atoms with van der Waals surface area (Å²) in [5.74, 6) is 1.49. The quantitative estimate of drug-likeness (QED) is 0.914. The van der Waals surface area contributed by atoms with Crippen molar-refractivity contribution in [1.29, 1.82) is 0 Å². The maximum absolute atomic E-state index is 13.2. The molecule has 1 fully saturated rings. The lowest BCUT2D eigenvalue weighted by Crippen LogP contribution is -2.52. The first-order valence-electron chi connectivity index (χ1n) is 8.49. The zero-order valence-corrected chi connectivity index (χ0v) is 14.3. The van der Waals surface area contributed by atoms with E-state index < -0.39 is 0 Å². The van der Waals surface area contributed by atoms with Gasteiger partial charge in [0.05, 0.1) is 13.2 Å². The molecule has 4 nitrogen and oxygen atoms in total. The van der Waals surface area contributed by atoms with Crippen LogP contribution < -0.4 is 0 Å². The third-order valence-corrected chi connectivity index (χ3v) is 4.73. The summed E-state index contributed by atoms with van der Waals surface area (Å²) in [4.78, 5) is 4.69. The number of furan rings is 1. The van der Waals surface area contributed by atoms with Gasteiger partial charge in [-0.1, -0.05) is 0 Å². The van der Waals surface area contributed by atoms with Gasteiger partial charge in [0, 0.05) is 37.8 Å². The Bertz CT molecular complexity index is 686. The van der Waals surface area contributed by atoms with E-state index in [2.05, 4.69) is 16.7 Å². The van der Waals surface area contributed by atoms with Crippen molar-refractivity contribution in [2.45, 2.75) is 26.4 Å². The molecule has 0 radical (unpaired) electrons. The highest BCUT2D eigenvalue weighted by Gasteiger charge is 2.23. The Morgan fingerprint density at radius 1 is 1.25 bits per heavy atom. The molecule has 0 bridgehead atoms. The molecule has 5 heteroatoms. The molecule has 2 heterocycles. The molecule has 2 aromatic rings. The van der Waals surface area contributed by atoms with E-state index in [0.29, 0.717) is 6.04 Å². The molecule has 130 valence electrons. The van der Waals surface area contributed by atoms with Crippen LogP contribution >= 0.6 is 0 Å². The fourth-order valence-electron chi connectivity index (χ4n) is 3.41. The number of hydrogen-bond acceptors (Lipinski definition) is 4. The third-order valence-electron chi connectivity index (χ3n) is 4.73. The number of piperazine rings is 1. The SMILES string of the molecule is Cc1cc(F)ccc1-c1ccc(CN2CCN(CCO)C(C)C2)o1. The van der Waals surface area contributed by atoms with Gasteiger partial charge in [0.25, 0.3) is 0 Å². The summed E-state index contributed by atoms with van der Waals surface area (Å²) in [6, 6.07) is 9.15. The van der Waals surface area contributed by atoms with E-state index in [1.54, 1.807) is 6.07 Å². The molecular formula is C19H25FN2O2. The molecule has 0 saturated carbocycles. The lowest BCUT2D eigenvalue weighted by Gasteiger charge is -2.39. The summed E-state index contributed by atoms with van der Waals surface area (Å²) in [7, 11) is 0. The van der Waals surface area contributed by atoms with Crippen LogP contribution in [0.5, 0.6) is 0 Å². The molecular weight excluding hydrogens is 307 g/mol. The first-order chi connectivity index (χ1) is 11.6. The Morgan fingerprint density at radius 2 is 2.08 bits per heavy atom. The normalized spacial score (nSPS) is 19.8. The van der Waals surface area contributed by atoms with Crippen molar-refractivity contribution in [3.63, 3.8) is 0 Å². The Labute approximate surface area is 142 Å². The Balaban J connectivity index is 1.64. The Hall–Kier alpha value is -1.69. The molecule has 1 atom stereocenters.